The first kappa shape index (κ1) is 7.92. The second-order valence-electron chi connectivity index (χ2n) is 3.18. The standard InChI is InChI=1S/C11H11NO/c1-7-3-4-9-6-10(8(2)12)13-11(9)5-7/h3-6H,2,12H2,1H3. The molecule has 0 spiro atoms. The van der Waals surface area contributed by atoms with Gasteiger partial charge in [-0.25, -0.2) is 0 Å². The maximum absolute atomic E-state index is 5.53. The Balaban J connectivity index is 2.68. The van der Waals surface area contributed by atoms with Crippen LogP contribution in [-0.2, 0) is 0 Å². The molecule has 0 bridgehead atoms. The van der Waals surface area contributed by atoms with Crippen LogP contribution in [0.1, 0.15) is 11.3 Å². The first-order valence-electron chi connectivity index (χ1n) is 4.12. The van der Waals surface area contributed by atoms with Crippen molar-refractivity contribution in [1.82, 2.24) is 0 Å². The van der Waals surface area contributed by atoms with Crippen LogP contribution in [0, 0.1) is 6.92 Å². The van der Waals surface area contributed by atoms with Gasteiger partial charge in [-0.15, -0.1) is 0 Å². The van der Waals surface area contributed by atoms with Gasteiger partial charge in [0, 0.05) is 5.39 Å². The summed E-state index contributed by atoms with van der Waals surface area (Å²) in [6, 6.07) is 7.94. The third-order valence-corrected chi connectivity index (χ3v) is 1.99. The highest BCUT2D eigenvalue weighted by Crippen LogP contribution is 2.22. The number of nitrogens with two attached hydrogens (primary N) is 1. The van der Waals surface area contributed by atoms with Gasteiger partial charge >= 0.3 is 0 Å². The highest BCUT2D eigenvalue weighted by molar-refractivity contribution is 5.81. The Morgan fingerprint density at radius 2 is 2.15 bits per heavy atom. The molecule has 0 aliphatic rings. The molecule has 0 unspecified atom stereocenters. The van der Waals surface area contributed by atoms with E-state index in [1.54, 1.807) is 0 Å². The van der Waals surface area contributed by atoms with Crippen LogP contribution in [0.3, 0.4) is 0 Å². The molecular weight excluding hydrogens is 162 g/mol. The minimum absolute atomic E-state index is 0.467. The maximum atomic E-state index is 5.53. The molecule has 2 nitrogen and oxygen atoms in total. The summed E-state index contributed by atoms with van der Waals surface area (Å²) in [6.07, 6.45) is 0. The number of aryl methyl sites for hydroxylation is 1. The zero-order chi connectivity index (χ0) is 9.42. The zero-order valence-electron chi connectivity index (χ0n) is 7.50. The fraction of sp³-hybridized carbons (Fsp3) is 0.0909. The van der Waals surface area contributed by atoms with E-state index < -0.39 is 0 Å². The summed E-state index contributed by atoms with van der Waals surface area (Å²) >= 11 is 0. The van der Waals surface area contributed by atoms with E-state index in [1.165, 1.54) is 5.56 Å². The van der Waals surface area contributed by atoms with Gasteiger partial charge in [0.25, 0.3) is 0 Å². The zero-order valence-corrected chi connectivity index (χ0v) is 7.50. The van der Waals surface area contributed by atoms with E-state index in [2.05, 4.69) is 6.58 Å². The quantitative estimate of drug-likeness (QED) is 0.720. The third kappa shape index (κ3) is 1.31. The van der Waals surface area contributed by atoms with Gasteiger partial charge in [-0.3, -0.25) is 0 Å². The lowest BCUT2D eigenvalue weighted by Gasteiger charge is -1.90. The fourth-order valence-electron chi connectivity index (χ4n) is 1.30. The minimum Gasteiger partial charge on any atom is -0.455 e. The Morgan fingerprint density at radius 1 is 1.38 bits per heavy atom. The summed E-state index contributed by atoms with van der Waals surface area (Å²) < 4.78 is 5.49. The van der Waals surface area contributed by atoms with E-state index in [-0.39, 0.29) is 0 Å². The van der Waals surface area contributed by atoms with Gasteiger partial charge in [-0.2, -0.15) is 0 Å². The Hall–Kier alpha value is -1.70. The van der Waals surface area contributed by atoms with Crippen molar-refractivity contribution in [3.63, 3.8) is 0 Å². The van der Waals surface area contributed by atoms with Gasteiger partial charge in [-0.1, -0.05) is 18.7 Å². The molecular formula is C11H11NO. The van der Waals surface area contributed by atoms with Crippen LogP contribution in [0.4, 0.5) is 0 Å². The SMILES string of the molecule is C=C(N)c1cc2ccc(C)cc2o1. The van der Waals surface area contributed by atoms with Crippen LogP contribution in [0.25, 0.3) is 16.7 Å². The normalized spacial score (nSPS) is 10.5. The number of fused-ring (bicyclic) bond motifs is 1. The van der Waals surface area contributed by atoms with Gasteiger partial charge in [0.05, 0.1) is 5.70 Å². The lowest BCUT2D eigenvalue weighted by atomic mass is 10.2. The van der Waals surface area contributed by atoms with Crippen molar-refractivity contribution >= 4 is 16.7 Å². The van der Waals surface area contributed by atoms with Crippen LogP contribution in [0.2, 0.25) is 0 Å². The van der Waals surface area contributed by atoms with E-state index in [0.29, 0.717) is 11.5 Å². The Morgan fingerprint density at radius 3 is 2.85 bits per heavy atom. The number of rotatable bonds is 1. The van der Waals surface area contributed by atoms with Gasteiger partial charge in [-0.05, 0) is 24.6 Å². The predicted octanol–water partition coefficient (Wildman–Crippen LogP) is 2.67. The van der Waals surface area contributed by atoms with Crippen molar-refractivity contribution in [2.24, 2.45) is 5.73 Å². The third-order valence-electron chi connectivity index (χ3n) is 1.99. The number of hydrogen-bond acceptors (Lipinski definition) is 2. The second kappa shape index (κ2) is 2.66. The molecule has 13 heavy (non-hydrogen) atoms. The molecule has 0 saturated heterocycles. The smallest absolute Gasteiger partial charge is 0.150 e. The Bertz CT molecular complexity index is 468. The van der Waals surface area contributed by atoms with Gasteiger partial charge in [0.2, 0.25) is 0 Å². The monoisotopic (exact) mass is 173 g/mol. The largest absolute Gasteiger partial charge is 0.455 e. The van der Waals surface area contributed by atoms with E-state index in [9.17, 15) is 0 Å². The fourth-order valence-corrected chi connectivity index (χ4v) is 1.30. The van der Waals surface area contributed by atoms with Crippen molar-refractivity contribution in [2.75, 3.05) is 0 Å². The first-order valence-corrected chi connectivity index (χ1v) is 4.12. The van der Waals surface area contributed by atoms with Crippen molar-refractivity contribution < 1.29 is 4.42 Å². The van der Waals surface area contributed by atoms with Crippen molar-refractivity contribution in [3.05, 3.63) is 42.2 Å². The van der Waals surface area contributed by atoms with Crippen molar-refractivity contribution in [1.29, 1.82) is 0 Å². The van der Waals surface area contributed by atoms with Crippen molar-refractivity contribution in [3.8, 4) is 0 Å². The van der Waals surface area contributed by atoms with Gasteiger partial charge < -0.3 is 10.2 Å². The summed E-state index contributed by atoms with van der Waals surface area (Å²) in [4.78, 5) is 0. The summed E-state index contributed by atoms with van der Waals surface area (Å²) in [6.45, 7) is 5.65. The van der Waals surface area contributed by atoms with Crippen LogP contribution in [0.15, 0.2) is 35.3 Å². The van der Waals surface area contributed by atoms with Gasteiger partial charge in [0.1, 0.15) is 11.3 Å². The molecule has 0 aliphatic heterocycles. The summed E-state index contributed by atoms with van der Waals surface area (Å²) in [5.74, 6) is 0.653. The molecule has 0 amide bonds. The predicted molar refractivity (Wildman–Crippen MR) is 54.2 cm³/mol. The summed E-state index contributed by atoms with van der Waals surface area (Å²) in [5, 5.41) is 1.06. The topological polar surface area (TPSA) is 39.2 Å². The highest BCUT2D eigenvalue weighted by Gasteiger charge is 2.03. The number of hydrogen-bond donors (Lipinski definition) is 1. The van der Waals surface area contributed by atoms with E-state index >= 15 is 0 Å². The van der Waals surface area contributed by atoms with Crippen LogP contribution < -0.4 is 5.73 Å². The number of furan rings is 1. The molecule has 2 rings (SSSR count). The van der Waals surface area contributed by atoms with E-state index in [4.69, 9.17) is 10.2 Å². The summed E-state index contributed by atoms with van der Waals surface area (Å²) in [7, 11) is 0. The van der Waals surface area contributed by atoms with Gasteiger partial charge in [0.15, 0.2) is 0 Å². The highest BCUT2D eigenvalue weighted by atomic mass is 16.3. The lowest BCUT2D eigenvalue weighted by molar-refractivity contribution is 0.598. The second-order valence-corrected chi connectivity index (χ2v) is 3.18. The van der Waals surface area contributed by atoms with Crippen LogP contribution >= 0.6 is 0 Å². The van der Waals surface area contributed by atoms with E-state index in [1.807, 2.05) is 31.2 Å². The molecule has 2 heteroatoms. The molecule has 66 valence electrons. The molecule has 2 aromatic rings. The summed E-state index contributed by atoms with van der Waals surface area (Å²) in [5.41, 5.74) is 8.03. The minimum atomic E-state index is 0.467. The average Bonchev–Trinajstić information content (AvgIpc) is 2.46. The Labute approximate surface area is 76.7 Å². The van der Waals surface area contributed by atoms with Crippen LogP contribution in [0.5, 0.6) is 0 Å². The molecule has 0 fully saturated rings. The maximum Gasteiger partial charge on any atom is 0.150 e. The molecule has 0 radical (unpaired) electrons. The molecule has 0 atom stereocenters. The molecule has 0 aliphatic carbocycles. The van der Waals surface area contributed by atoms with Crippen molar-refractivity contribution in [2.45, 2.75) is 6.92 Å². The van der Waals surface area contributed by atoms with Crippen LogP contribution in [-0.4, -0.2) is 0 Å². The molecule has 1 aromatic heterocycles. The average molecular weight is 173 g/mol. The molecule has 1 aromatic carbocycles. The number of benzene rings is 1. The first-order chi connectivity index (χ1) is 6.16. The lowest BCUT2D eigenvalue weighted by Crippen LogP contribution is -1.89. The van der Waals surface area contributed by atoms with E-state index in [0.717, 1.165) is 11.0 Å². The molecule has 0 saturated carbocycles. The molecule has 2 N–H and O–H groups in total. The Kier molecular flexibility index (Phi) is 1.62. The molecule has 1 heterocycles.